The quantitative estimate of drug-likeness (QED) is 0.786. The normalized spacial score (nSPS) is 18.9. The van der Waals surface area contributed by atoms with Crippen molar-refractivity contribution < 1.29 is 19.0 Å². The largest absolute Gasteiger partial charge is 0.493 e. The predicted octanol–water partition coefficient (Wildman–Crippen LogP) is 3.37. The van der Waals surface area contributed by atoms with Gasteiger partial charge in [0.1, 0.15) is 18.6 Å². The number of rotatable bonds is 2. The molecule has 3 rings (SSSR count). The Morgan fingerprint density at radius 1 is 1.20 bits per heavy atom. The van der Waals surface area contributed by atoms with Crippen LogP contribution in [0.5, 0.6) is 11.5 Å². The summed E-state index contributed by atoms with van der Waals surface area (Å²) in [6, 6.07) is 15.5. The van der Waals surface area contributed by atoms with Gasteiger partial charge in [0.05, 0.1) is 13.2 Å². The van der Waals surface area contributed by atoms with Gasteiger partial charge in [-0.2, -0.15) is 5.26 Å². The van der Waals surface area contributed by atoms with E-state index in [4.69, 9.17) is 14.2 Å². The third-order valence-electron chi connectivity index (χ3n) is 4.29. The molecule has 1 heterocycles. The first kappa shape index (κ1) is 16.8. The van der Waals surface area contributed by atoms with E-state index >= 15 is 0 Å². The van der Waals surface area contributed by atoms with E-state index in [1.165, 1.54) is 6.92 Å². The highest BCUT2D eigenvalue weighted by Gasteiger charge is 2.31. The number of hydrogen-bond donors (Lipinski definition) is 0. The molecule has 0 amide bonds. The monoisotopic (exact) mass is 337 g/mol. The first-order chi connectivity index (χ1) is 12.1. The Kier molecular flexibility index (Phi) is 4.90. The standard InChI is InChI=1S/C20H19NO4/c1-13(22)25-19-10-14-7-5-9-18(23-2)20(14)24-12-15-6-3-4-8-16(15)17(19)11-21/h3-9,17,19H,10,12H2,1-2H3/t17-,19-/m1/s1. The van der Waals surface area contributed by atoms with Gasteiger partial charge >= 0.3 is 5.97 Å². The molecule has 5 heteroatoms. The molecular weight excluding hydrogens is 318 g/mol. The zero-order valence-corrected chi connectivity index (χ0v) is 14.2. The van der Waals surface area contributed by atoms with Crippen LogP contribution in [-0.2, 0) is 22.6 Å². The summed E-state index contributed by atoms with van der Waals surface area (Å²) in [5, 5.41) is 9.77. The fourth-order valence-electron chi connectivity index (χ4n) is 3.18. The molecule has 0 aliphatic carbocycles. The highest BCUT2D eigenvalue weighted by Crippen LogP contribution is 2.37. The van der Waals surface area contributed by atoms with Crippen molar-refractivity contribution in [1.82, 2.24) is 0 Å². The molecule has 25 heavy (non-hydrogen) atoms. The molecular formula is C20H19NO4. The summed E-state index contributed by atoms with van der Waals surface area (Å²) in [5.41, 5.74) is 2.56. The SMILES string of the molecule is COc1cccc2c1OCc1ccccc1[C@@H](C#N)[C@H](OC(C)=O)C2. The zero-order chi connectivity index (χ0) is 17.8. The smallest absolute Gasteiger partial charge is 0.302 e. The second-order valence-corrected chi connectivity index (χ2v) is 5.89. The summed E-state index contributed by atoms with van der Waals surface area (Å²) in [4.78, 5) is 11.6. The first-order valence-electron chi connectivity index (χ1n) is 8.07. The number of para-hydroxylation sites is 1. The number of ether oxygens (including phenoxy) is 3. The van der Waals surface area contributed by atoms with Crippen LogP contribution in [0.2, 0.25) is 0 Å². The summed E-state index contributed by atoms with van der Waals surface area (Å²) in [6.07, 6.45) is -0.227. The molecule has 0 unspecified atom stereocenters. The third kappa shape index (κ3) is 3.43. The molecule has 128 valence electrons. The van der Waals surface area contributed by atoms with Crippen LogP contribution in [0.3, 0.4) is 0 Å². The Labute approximate surface area is 146 Å². The van der Waals surface area contributed by atoms with E-state index in [0.717, 1.165) is 16.7 Å². The van der Waals surface area contributed by atoms with Gasteiger partial charge in [0.25, 0.3) is 0 Å². The number of nitrogens with zero attached hydrogens (tertiary/aromatic N) is 1. The van der Waals surface area contributed by atoms with Crippen LogP contribution in [0.25, 0.3) is 0 Å². The number of benzene rings is 2. The summed E-state index contributed by atoms with van der Waals surface area (Å²) >= 11 is 0. The molecule has 0 N–H and O–H groups in total. The van der Waals surface area contributed by atoms with Crippen molar-refractivity contribution in [3.8, 4) is 17.6 Å². The molecule has 5 nitrogen and oxygen atoms in total. The summed E-state index contributed by atoms with van der Waals surface area (Å²) in [6.45, 7) is 1.67. The molecule has 2 atom stereocenters. The lowest BCUT2D eigenvalue weighted by Gasteiger charge is -2.23. The van der Waals surface area contributed by atoms with Gasteiger partial charge in [-0.3, -0.25) is 4.79 Å². The van der Waals surface area contributed by atoms with Crippen molar-refractivity contribution in [2.24, 2.45) is 0 Å². The maximum absolute atomic E-state index is 11.6. The molecule has 1 aliphatic heterocycles. The number of fused-ring (bicyclic) bond motifs is 2. The molecule has 0 saturated carbocycles. The van der Waals surface area contributed by atoms with Crippen LogP contribution in [0.4, 0.5) is 0 Å². The fourth-order valence-corrected chi connectivity index (χ4v) is 3.18. The number of carbonyl (C=O) groups is 1. The highest BCUT2D eigenvalue weighted by molar-refractivity contribution is 5.66. The second kappa shape index (κ2) is 7.27. The lowest BCUT2D eigenvalue weighted by molar-refractivity contribution is -0.146. The van der Waals surface area contributed by atoms with Crippen molar-refractivity contribution in [2.75, 3.05) is 7.11 Å². The molecule has 0 bridgehead atoms. The number of carbonyl (C=O) groups excluding carboxylic acids is 1. The summed E-state index contributed by atoms with van der Waals surface area (Å²) in [7, 11) is 1.58. The van der Waals surface area contributed by atoms with Crippen LogP contribution in [0, 0.1) is 11.3 Å². The molecule has 0 radical (unpaired) electrons. The number of nitriles is 1. The van der Waals surface area contributed by atoms with Crippen LogP contribution < -0.4 is 9.47 Å². The zero-order valence-electron chi connectivity index (χ0n) is 14.2. The van der Waals surface area contributed by atoms with Gasteiger partial charge < -0.3 is 14.2 Å². The van der Waals surface area contributed by atoms with E-state index in [-0.39, 0.29) is 0 Å². The first-order valence-corrected chi connectivity index (χ1v) is 8.07. The van der Waals surface area contributed by atoms with Crippen molar-refractivity contribution >= 4 is 5.97 Å². The van der Waals surface area contributed by atoms with Gasteiger partial charge in [-0.15, -0.1) is 0 Å². The van der Waals surface area contributed by atoms with E-state index in [2.05, 4.69) is 6.07 Å². The van der Waals surface area contributed by atoms with E-state index in [1.807, 2.05) is 42.5 Å². The van der Waals surface area contributed by atoms with Gasteiger partial charge in [-0.25, -0.2) is 0 Å². The second-order valence-electron chi connectivity index (χ2n) is 5.89. The van der Waals surface area contributed by atoms with Crippen molar-refractivity contribution in [1.29, 1.82) is 5.26 Å². The van der Waals surface area contributed by atoms with Crippen molar-refractivity contribution in [2.45, 2.75) is 32.0 Å². The molecule has 1 aliphatic rings. The molecule has 0 aromatic heterocycles. The van der Waals surface area contributed by atoms with Gasteiger partial charge in [0.15, 0.2) is 11.5 Å². The average molecular weight is 337 g/mol. The molecule has 0 saturated heterocycles. The minimum absolute atomic E-state index is 0.314. The summed E-state index contributed by atoms with van der Waals surface area (Å²) in [5.74, 6) is 0.260. The molecule has 0 spiro atoms. The van der Waals surface area contributed by atoms with Crippen molar-refractivity contribution in [3.05, 3.63) is 59.2 Å². The van der Waals surface area contributed by atoms with Crippen molar-refractivity contribution in [3.63, 3.8) is 0 Å². The molecule has 2 aromatic carbocycles. The Morgan fingerprint density at radius 3 is 2.68 bits per heavy atom. The Balaban J connectivity index is 2.14. The van der Waals surface area contributed by atoms with Gasteiger partial charge in [-0.1, -0.05) is 36.4 Å². The van der Waals surface area contributed by atoms with E-state index < -0.39 is 18.0 Å². The van der Waals surface area contributed by atoms with Crippen LogP contribution in [0.1, 0.15) is 29.5 Å². The number of esters is 1. The van der Waals surface area contributed by atoms with E-state index in [1.54, 1.807) is 7.11 Å². The minimum Gasteiger partial charge on any atom is -0.493 e. The third-order valence-corrected chi connectivity index (χ3v) is 4.29. The van der Waals surface area contributed by atoms with Gasteiger partial charge in [0.2, 0.25) is 0 Å². The Hall–Kier alpha value is -3.00. The minimum atomic E-state index is -0.601. The van der Waals surface area contributed by atoms with Crippen LogP contribution >= 0.6 is 0 Å². The Bertz CT molecular complexity index is 825. The fraction of sp³-hybridized carbons (Fsp3) is 0.300. The Morgan fingerprint density at radius 2 is 1.96 bits per heavy atom. The summed E-state index contributed by atoms with van der Waals surface area (Å²) < 4.78 is 17.0. The maximum atomic E-state index is 11.6. The average Bonchev–Trinajstić information content (AvgIpc) is 2.67. The lowest BCUT2D eigenvalue weighted by atomic mass is 9.88. The maximum Gasteiger partial charge on any atom is 0.302 e. The molecule has 0 fully saturated rings. The highest BCUT2D eigenvalue weighted by atomic mass is 16.5. The van der Waals surface area contributed by atoms with Crippen LogP contribution in [-0.4, -0.2) is 19.2 Å². The van der Waals surface area contributed by atoms with Crippen LogP contribution in [0.15, 0.2) is 42.5 Å². The lowest BCUT2D eigenvalue weighted by Crippen LogP contribution is -2.26. The van der Waals surface area contributed by atoms with Gasteiger partial charge in [-0.05, 0) is 17.2 Å². The predicted molar refractivity (Wildman–Crippen MR) is 91.4 cm³/mol. The molecule has 2 aromatic rings. The van der Waals surface area contributed by atoms with Gasteiger partial charge in [0, 0.05) is 18.9 Å². The number of hydrogen-bond acceptors (Lipinski definition) is 5. The topological polar surface area (TPSA) is 68.6 Å². The van der Waals surface area contributed by atoms with E-state index in [0.29, 0.717) is 24.5 Å². The van der Waals surface area contributed by atoms with E-state index in [9.17, 15) is 10.1 Å². The number of methoxy groups -OCH3 is 1.